The van der Waals surface area contributed by atoms with Gasteiger partial charge in [0.25, 0.3) is 0 Å². The minimum absolute atomic E-state index is 0.522. The molecule has 0 saturated heterocycles. The number of hydrogen-bond acceptors (Lipinski definition) is 0. The minimum atomic E-state index is 0.522. The van der Waals surface area contributed by atoms with Crippen LogP contribution in [0.15, 0.2) is 146 Å². The number of nitrogens with zero attached hydrogens (tertiary/aromatic N) is 2. The monoisotopic (exact) mass is 510 g/mol. The van der Waals surface area contributed by atoms with E-state index in [9.17, 15) is 2.74 Å². The molecular weight excluding hydrogens is 484 g/mol. The van der Waals surface area contributed by atoms with Gasteiger partial charge in [-0.1, -0.05) is 97.1 Å². The van der Waals surface area contributed by atoms with E-state index in [1.807, 2.05) is 36.4 Å². The van der Waals surface area contributed by atoms with Crippen molar-refractivity contribution in [2.45, 2.75) is 0 Å². The summed E-state index contributed by atoms with van der Waals surface area (Å²) in [7, 11) is 0. The molecule has 2 nitrogen and oxygen atoms in total. The van der Waals surface area contributed by atoms with Gasteiger partial charge in [0.15, 0.2) is 0 Å². The molecule has 2 heteroatoms. The van der Waals surface area contributed by atoms with Gasteiger partial charge in [0, 0.05) is 32.9 Å². The summed E-state index contributed by atoms with van der Waals surface area (Å²) in [6.07, 6.45) is 0. The fourth-order valence-corrected chi connectivity index (χ4v) is 6.51. The maximum atomic E-state index is 9.22. The number of para-hydroxylation sites is 2. The number of benzene rings is 7. The third-order valence-electron chi connectivity index (χ3n) is 8.24. The van der Waals surface area contributed by atoms with Crippen molar-refractivity contribution in [2.24, 2.45) is 0 Å². The van der Waals surface area contributed by atoms with Gasteiger partial charge in [0.1, 0.15) is 0 Å². The minimum Gasteiger partial charge on any atom is -0.309 e. The van der Waals surface area contributed by atoms with Crippen LogP contribution in [0.4, 0.5) is 0 Å². The Bertz CT molecular complexity index is 2370. The summed E-state index contributed by atoms with van der Waals surface area (Å²) in [4.78, 5) is 0. The third-order valence-corrected chi connectivity index (χ3v) is 8.24. The first-order chi connectivity index (χ1) is 20.7. The third kappa shape index (κ3) is 2.93. The van der Waals surface area contributed by atoms with Gasteiger partial charge in [-0.05, 0) is 70.0 Å². The van der Waals surface area contributed by atoms with Gasteiger partial charge in [0.05, 0.1) is 24.8 Å². The lowest BCUT2D eigenvalue weighted by atomic mass is 10.1. The summed E-state index contributed by atoms with van der Waals surface area (Å²) < 4.78 is 22.9. The molecule has 0 unspecified atom stereocenters. The maximum absolute atomic E-state index is 9.22. The Kier molecular flexibility index (Phi) is 3.98. The molecule has 9 aromatic rings. The zero-order chi connectivity index (χ0) is 27.9. The molecule has 0 aliphatic rings. The van der Waals surface area contributed by atoms with Crippen LogP contribution in [-0.4, -0.2) is 9.13 Å². The van der Waals surface area contributed by atoms with E-state index in [-0.39, 0.29) is 0 Å². The summed E-state index contributed by atoms with van der Waals surface area (Å²) in [5.41, 5.74) is 6.02. The van der Waals surface area contributed by atoms with E-state index >= 15 is 0 Å². The van der Waals surface area contributed by atoms with Crippen LogP contribution in [-0.2, 0) is 0 Å². The van der Waals surface area contributed by atoms with Gasteiger partial charge in [-0.15, -0.1) is 0 Å². The van der Waals surface area contributed by atoms with Crippen LogP contribution in [0.25, 0.3) is 76.5 Å². The Morgan fingerprint density at radius 3 is 1.23 bits per heavy atom. The van der Waals surface area contributed by atoms with Crippen molar-refractivity contribution >= 4 is 65.2 Å². The zero-order valence-electron chi connectivity index (χ0n) is 23.6. The smallest absolute Gasteiger partial charge is 0.0651 e. The number of rotatable bonds is 2. The van der Waals surface area contributed by atoms with Gasteiger partial charge < -0.3 is 9.13 Å². The molecule has 9 rings (SSSR count). The lowest BCUT2D eigenvalue weighted by Crippen LogP contribution is -1.95. The molecule has 0 aliphatic carbocycles. The number of hydrogen-bond donors (Lipinski definition) is 0. The van der Waals surface area contributed by atoms with Gasteiger partial charge in [0.2, 0.25) is 0 Å². The molecule has 2 heterocycles. The van der Waals surface area contributed by atoms with E-state index in [0.717, 1.165) is 76.5 Å². The topological polar surface area (TPSA) is 9.86 Å². The predicted molar refractivity (Wildman–Crippen MR) is 170 cm³/mol. The molecule has 0 fully saturated rings. The Balaban J connectivity index is 1.45. The molecule has 7 aromatic carbocycles. The quantitative estimate of drug-likeness (QED) is 0.219. The highest BCUT2D eigenvalue weighted by Gasteiger charge is 2.20. The summed E-state index contributed by atoms with van der Waals surface area (Å²) in [5.74, 6) is 0. The average Bonchev–Trinajstić information content (AvgIpc) is 3.55. The molecule has 186 valence electrons. The van der Waals surface area contributed by atoms with E-state index < -0.39 is 0 Å². The van der Waals surface area contributed by atoms with Crippen molar-refractivity contribution in [3.05, 3.63) is 146 Å². The van der Waals surface area contributed by atoms with Crippen LogP contribution in [0.1, 0.15) is 2.74 Å². The molecule has 40 heavy (non-hydrogen) atoms. The Morgan fingerprint density at radius 1 is 0.350 bits per heavy atom. The molecule has 2 aromatic heterocycles. The van der Waals surface area contributed by atoms with Crippen molar-refractivity contribution in [1.29, 1.82) is 0 Å². The first-order valence-corrected chi connectivity index (χ1v) is 13.6. The van der Waals surface area contributed by atoms with Crippen LogP contribution in [0, 0.1) is 0 Å². The van der Waals surface area contributed by atoms with Gasteiger partial charge >= 0.3 is 0 Å². The van der Waals surface area contributed by atoms with E-state index in [2.05, 4.69) is 106 Å². The highest BCUT2D eigenvalue weighted by molar-refractivity contribution is 6.29. The molecule has 0 aliphatic heterocycles. The highest BCUT2D eigenvalue weighted by atomic mass is 15.0. The number of fused-ring (bicyclic) bond motifs is 9. The lowest BCUT2D eigenvalue weighted by molar-refractivity contribution is 1.18. The van der Waals surface area contributed by atoms with Crippen molar-refractivity contribution in [2.75, 3.05) is 0 Å². The first-order valence-electron chi connectivity index (χ1n) is 14.6. The number of aromatic nitrogens is 2. The standard InChI is InChI=1S/C38H24N2/c1-3-11-27-23-29(19-17-25(27)9-1)39-33-15-7-5-13-31(33)37-35(39)21-22-36-38(37)32-14-6-8-16-34(32)40(36)30-20-18-26-10-2-4-12-28(26)24-30/h1-24H/i23D,24D. The van der Waals surface area contributed by atoms with Crippen LogP contribution in [0.3, 0.4) is 0 Å². The molecule has 0 amide bonds. The predicted octanol–water partition coefficient (Wildman–Crippen LogP) is 10.2. The van der Waals surface area contributed by atoms with Crippen LogP contribution >= 0.6 is 0 Å². The van der Waals surface area contributed by atoms with Crippen molar-refractivity contribution in [1.82, 2.24) is 9.13 Å². The van der Waals surface area contributed by atoms with Crippen molar-refractivity contribution in [3.8, 4) is 11.4 Å². The Labute approximate surface area is 233 Å². The first kappa shape index (κ1) is 19.7. The molecular formula is C38H24N2. The maximum Gasteiger partial charge on any atom is 0.0651 e. The Hall–Kier alpha value is -5.34. The van der Waals surface area contributed by atoms with Gasteiger partial charge in [-0.2, -0.15) is 0 Å². The molecule has 0 radical (unpaired) electrons. The van der Waals surface area contributed by atoms with E-state index in [0.29, 0.717) is 12.1 Å². The molecule has 0 spiro atoms. The molecule has 0 atom stereocenters. The van der Waals surface area contributed by atoms with Gasteiger partial charge in [-0.25, -0.2) is 0 Å². The van der Waals surface area contributed by atoms with E-state index in [1.165, 1.54) is 0 Å². The SMILES string of the molecule is [2H]c1c(-n2c3ccccc3c3c4c5ccccc5n(-c5ccc6ccccc6c5[2H])c4ccc32)ccc2ccccc12. The second-order valence-electron chi connectivity index (χ2n) is 10.4. The zero-order valence-corrected chi connectivity index (χ0v) is 21.6. The average molecular weight is 511 g/mol. The summed E-state index contributed by atoms with van der Waals surface area (Å²) in [6, 6.07) is 47.1. The molecule has 0 saturated carbocycles. The Morgan fingerprint density at radius 2 is 0.750 bits per heavy atom. The van der Waals surface area contributed by atoms with E-state index in [1.54, 1.807) is 0 Å². The molecule has 0 bridgehead atoms. The lowest BCUT2D eigenvalue weighted by Gasteiger charge is -2.11. The second-order valence-corrected chi connectivity index (χ2v) is 10.4. The van der Waals surface area contributed by atoms with Crippen molar-refractivity contribution in [3.63, 3.8) is 0 Å². The van der Waals surface area contributed by atoms with Crippen LogP contribution < -0.4 is 0 Å². The summed E-state index contributed by atoms with van der Waals surface area (Å²) in [5, 5.41) is 8.65. The van der Waals surface area contributed by atoms with E-state index in [4.69, 9.17) is 0 Å². The van der Waals surface area contributed by atoms with Gasteiger partial charge in [-0.3, -0.25) is 0 Å². The summed E-state index contributed by atoms with van der Waals surface area (Å²) in [6.45, 7) is 0. The van der Waals surface area contributed by atoms with Crippen LogP contribution in [0.5, 0.6) is 0 Å². The fraction of sp³-hybridized carbons (Fsp3) is 0. The largest absolute Gasteiger partial charge is 0.309 e. The fourth-order valence-electron chi connectivity index (χ4n) is 6.51. The second kappa shape index (κ2) is 8.08. The summed E-state index contributed by atoms with van der Waals surface area (Å²) >= 11 is 0. The normalized spacial score (nSPS) is 12.7. The molecule has 0 N–H and O–H groups in total. The van der Waals surface area contributed by atoms with Crippen LogP contribution in [0.2, 0.25) is 0 Å². The van der Waals surface area contributed by atoms with Crippen molar-refractivity contribution < 1.29 is 2.74 Å². The highest BCUT2D eigenvalue weighted by Crippen LogP contribution is 2.42.